The van der Waals surface area contributed by atoms with E-state index < -0.39 is 0 Å². The topological polar surface area (TPSA) is 129 Å². The van der Waals surface area contributed by atoms with Crippen molar-refractivity contribution in [2.24, 2.45) is 5.73 Å². The van der Waals surface area contributed by atoms with Gasteiger partial charge in [-0.25, -0.2) is 4.98 Å². The second-order valence-electron chi connectivity index (χ2n) is 6.88. The fourth-order valence-corrected chi connectivity index (χ4v) is 3.16. The van der Waals surface area contributed by atoms with Crippen molar-refractivity contribution in [3.63, 3.8) is 0 Å². The number of amides is 3. The van der Waals surface area contributed by atoms with Gasteiger partial charge in [-0.1, -0.05) is 12.1 Å². The van der Waals surface area contributed by atoms with Crippen LogP contribution in [0.4, 0.5) is 5.82 Å². The molecule has 30 heavy (non-hydrogen) atoms. The van der Waals surface area contributed by atoms with Crippen molar-refractivity contribution in [3.8, 4) is 0 Å². The highest BCUT2D eigenvalue weighted by atomic mass is 16.2. The van der Waals surface area contributed by atoms with Crippen LogP contribution in [0, 0.1) is 0 Å². The molecule has 1 aliphatic heterocycles. The number of fused-ring (bicyclic) bond motifs is 1. The van der Waals surface area contributed by atoms with E-state index in [2.05, 4.69) is 20.9 Å². The van der Waals surface area contributed by atoms with Gasteiger partial charge in [0.25, 0.3) is 11.8 Å². The molecule has 2 aromatic rings. The van der Waals surface area contributed by atoms with Crippen LogP contribution in [-0.4, -0.2) is 60.3 Å². The van der Waals surface area contributed by atoms with Gasteiger partial charge in [0.2, 0.25) is 5.91 Å². The Labute approximate surface area is 175 Å². The lowest BCUT2D eigenvalue weighted by Crippen LogP contribution is -2.33. The number of nitrogens with zero attached hydrogens (tertiary/aromatic N) is 2. The van der Waals surface area contributed by atoms with Crippen LogP contribution in [0.15, 0.2) is 42.6 Å². The molecule has 9 heteroatoms. The summed E-state index contributed by atoms with van der Waals surface area (Å²) in [6.45, 7) is 2.62. The van der Waals surface area contributed by atoms with Gasteiger partial charge in [-0.05, 0) is 29.8 Å². The van der Waals surface area contributed by atoms with Crippen molar-refractivity contribution < 1.29 is 14.4 Å². The van der Waals surface area contributed by atoms with Crippen LogP contribution in [0.1, 0.15) is 32.7 Å². The largest absolute Gasteiger partial charge is 0.368 e. The summed E-state index contributed by atoms with van der Waals surface area (Å²) in [5.74, 6) is 0.188. The predicted octanol–water partition coefficient (Wildman–Crippen LogP) is 0.344. The van der Waals surface area contributed by atoms with Gasteiger partial charge in [0, 0.05) is 63.0 Å². The summed E-state index contributed by atoms with van der Waals surface area (Å²) in [5.41, 5.74) is 7.17. The van der Waals surface area contributed by atoms with Crippen LogP contribution in [0.3, 0.4) is 0 Å². The summed E-state index contributed by atoms with van der Waals surface area (Å²) >= 11 is 0. The maximum atomic E-state index is 12.7. The number of nitrogens with one attached hydrogen (secondary N) is 3. The number of anilines is 1. The Balaban J connectivity index is 1.50. The monoisotopic (exact) mass is 410 g/mol. The van der Waals surface area contributed by atoms with Gasteiger partial charge in [-0.15, -0.1) is 0 Å². The molecule has 2 heterocycles. The third-order valence-electron chi connectivity index (χ3n) is 4.71. The predicted molar refractivity (Wildman–Crippen MR) is 113 cm³/mol. The van der Waals surface area contributed by atoms with E-state index in [0.29, 0.717) is 43.9 Å². The molecule has 0 bridgehead atoms. The van der Waals surface area contributed by atoms with Gasteiger partial charge in [0.15, 0.2) is 0 Å². The van der Waals surface area contributed by atoms with Crippen LogP contribution in [-0.2, 0) is 11.3 Å². The van der Waals surface area contributed by atoms with E-state index in [4.69, 9.17) is 5.73 Å². The number of carbonyl (C=O) groups excluding carboxylic acids is 3. The van der Waals surface area contributed by atoms with Crippen molar-refractivity contribution in [1.82, 2.24) is 20.5 Å². The molecule has 0 saturated heterocycles. The first kappa shape index (κ1) is 21.3. The minimum absolute atomic E-state index is 0.0939. The van der Waals surface area contributed by atoms with Crippen LogP contribution >= 0.6 is 0 Å². The van der Waals surface area contributed by atoms with Crippen molar-refractivity contribution in [1.29, 1.82) is 0 Å². The van der Waals surface area contributed by atoms with Crippen LogP contribution in [0.25, 0.3) is 0 Å². The highest BCUT2D eigenvalue weighted by Gasteiger charge is 2.27. The highest BCUT2D eigenvalue weighted by Crippen LogP contribution is 2.23. The highest BCUT2D eigenvalue weighted by molar-refractivity contribution is 6.02. The first-order valence-corrected chi connectivity index (χ1v) is 9.90. The van der Waals surface area contributed by atoms with Crippen molar-refractivity contribution in [2.45, 2.75) is 13.0 Å². The summed E-state index contributed by atoms with van der Waals surface area (Å²) < 4.78 is 0. The van der Waals surface area contributed by atoms with Crippen LogP contribution in [0.2, 0.25) is 0 Å². The van der Waals surface area contributed by atoms with E-state index in [0.717, 1.165) is 11.4 Å². The molecule has 0 atom stereocenters. The number of carbonyl (C=O) groups is 3. The van der Waals surface area contributed by atoms with Crippen LogP contribution in [0.5, 0.6) is 0 Å². The Morgan fingerprint density at radius 2 is 1.97 bits per heavy atom. The Kier molecular flexibility index (Phi) is 7.34. The zero-order valence-corrected chi connectivity index (χ0v) is 16.7. The standard InChI is InChI=1S/C21H26N6O3/c22-7-10-25-19(28)6-9-26-20(29)15-4-5-16-14-27(21(30)17(16)13-15)12-11-24-18-3-1-2-8-23-18/h1-5,8,13H,6-7,9-12,14,22H2,(H,23,24)(H,25,28)(H,26,29). The van der Waals surface area contributed by atoms with Crippen LogP contribution < -0.4 is 21.7 Å². The molecule has 1 aromatic carbocycles. The van der Waals surface area contributed by atoms with Gasteiger partial charge in [0.1, 0.15) is 5.82 Å². The van der Waals surface area contributed by atoms with Gasteiger partial charge in [-0.3, -0.25) is 14.4 Å². The number of pyridine rings is 1. The molecule has 0 spiro atoms. The lowest BCUT2D eigenvalue weighted by molar-refractivity contribution is -0.120. The smallest absolute Gasteiger partial charge is 0.254 e. The third-order valence-corrected chi connectivity index (χ3v) is 4.71. The van der Waals surface area contributed by atoms with Gasteiger partial charge < -0.3 is 26.6 Å². The van der Waals surface area contributed by atoms with Gasteiger partial charge in [0.05, 0.1) is 0 Å². The van der Waals surface area contributed by atoms with Crippen molar-refractivity contribution >= 4 is 23.5 Å². The summed E-state index contributed by atoms with van der Waals surface area (Å²) in [4.78, 5) is 42.5. The van der Waals surface area contributed by atoms with Crippen molar-refractivity contribution in [3.05, 3.63) is 59.3 Å². The van der Waals surface area contributed by atoms with E-state index in [1.165, 1.54) is 0 Å². The number of hydrogen-bond acceptors (Lipinski definition) is 6. The zero-order chi connectivity index (χ0) is 21.3. The Morgan fingerprint density at radius 1 is 1.10 bits per heavy atom. The summed E-state index contributed by atoms with van der Waals surface area (Å²) in [7, 11) is 0. The lowest BCUT2D eigenvalue weighted by atomic mass is 10.1. The maximum Gasteiger partial charge on any atom is 0.254 e. The molecule has 0 unspecified atom stereocenters. The number of aromatic nitrogens is 1. The van der Waals surface area contributed by atoms with Gasteiger partial charge in [-0.2, -0.15) is 0 Å². The average molecular weight is 410 g/mol. The van der Waals surface area contributed by atoms with E-state index in [-0.39, 0.29) is 30.7 Å². The maximum absolute atomic E-state index is 12.7. The zero-order valence-electron chi connectivity index (χ0n) is 16.7. The number of hydrogen-bond donors (Lipinski definition) is 4. The minimum Gasteiger partial charge on any atom is -0.368 e. The second-order valence-corrected chi connectivity index (χ2v) is 6.88. The molecule has 0 radical (unpaired) electrons. The average Bonchev–Trinajstić information content (AvgIpc) is 3.08. The Morgan fingerprint density at radius 3 is 2.73 bits per heavy atom. The number of rotatable bonds is 10. The van der Waals surface area contributed by atoms with E-state index >= 15 is 0 Å². The molecule has 3 rings (SSSR count). The fraction of sp³-hybridized carbons (Fsp3) is 0.333. The normalized spacial score (nSPS) is 12.4. The molecule has 0 fully saturated rings. The Bertz CT molecular complexity index is 903. The minimum atomic E-state index is -0.313. The quantitative estimate of drug-likeness (QED) is 0.447. The summed E-state index contributed by atoms with van der Waals surface area (Å²) in [6, 6.07) is 10.7. The number of benzene rings is 1. The summed E-state index contributed by atoms with van der Waals surface area (Å²) in [5, 5.41) is 8.53. The molecule has 3 amide bonds. The van der Waals surface area contributed by atoms with Crippen molar-refractivity contribution in [2.75, 3.05) is 38.0 Å². The molecule has 158 valence electrons. The summed E-state index contributed by atoms with van der Waals surface area (Å²) in [6.07, 6.45) is 1.88. The first-order chi connectivity index (χ1) is 14.6. The molecule has 5 N–H and O–H groups in total. The Hall–Kier alpha value is -3.46. The van der Waals surface area contributed by atoms with Gasteiger partial charge >= 0.3 is 0 Å². The molecular formula is C21H26N6O3. The second kappa shape index (κ2) is 10.4. The molecular weight excluding hydrogens is 384 g/mol. The number of nitrogens with two attached hydrogens (primary N) is 1. The first-order valence-electron chi connectivity index (χ1n) is 9.90. The lowest BCUT2D eigenvalue weighted by Gasteiger charge is -2.16. The molecule has 0 saturated carbocycles. The fourth-order valence-electron chi connectivity index (χ4n) is 3.16. The van der Waals surface area contributed by atoms with E-state index in [1.54, 1.807) is 23.2 Å². The molecule has 1 aliphatic rings. The van der Waals surface area contributed by atoms with E-state index in [1.807, 2.05) is 24.3 Å². The molecule has 1 aromatic heterocycles. The molecule has 9 nitrogen and oxygen atoms in total. The third kappa shape index (κ3) is 5.54. The molecule has 0 aliphatic carbocycles. The SMILES string of the molecule is NCCNC(=O)CCNC(=O)c1ccc2c(c1)C(=O)N(CCNc1ccccn1)C2. The van der Waals surface area contributed by atoms with E-state index in [9.17, 15) is 14.4 Å².